The van der Waals surface area contributed by atoms with Gasteiger partial charge in [-0.3, -0.25) is 15.3 Å². The SMILES string of the molecule is Fc1cc(C2(NCc3cnccn3)COC2)c(F)cc1CN1CCC[C@H](c2ccccc2)S1. The Morgan fingerprint density at radius 1 is 1.12 bits per heavy atom. The highest BCUT2D eigenvalue weighted by molar-refractivity contribution is 7.97. The van der Waals surface area contributed by atoms with Crippen molar-refractivity contribution in [2.45, 2.75) is 36.7 Å². The molecule has 0 bridgehead atoms. The minimum Gasteiger partial charge on any atom is -0.377 e. The molecule has 2 aromatic carbocycles. The molecular formula is C25H26F2N4OS. The van der Waals surface area contributed by atoms with Gasteiger partial charge in [-0.1, -0.05) is 42.3 Å². The topological polar surface area (TPSA) is 50.3 Å². The molecule has 0 saturated carbocycles. The highest BCUT2D eigenvalue weighted by Crippen LogP contribution is 2.41. The summed E-state index contributed by atoms with van der Waals surface area (Å²) in [6.07, 6.45) is 6.97. The largest absolute Gasteiger partial charge is 0.377 e. The summed E-state index contributed by atoms with van der Waals surface area (Å²) in [5.41, 5.74) is 1.92. The zero-order chi connectivity index (χ0) is 22.7. The van der Waals surface area contributed by atoms with Crippen LogP contribution in [-0.2, 0) is 23.4 Å². The highest BCUT2D eigenvalue weighted by Gasteiger charge is 2.42. The van der Waals surface area contributed by atoms with E-state index in [2.05, 4.69) is 31.7 Å². The van der Waals surface area contributed by atoms with Crippen LogP contribution >= 0.6 is 11.9 Å². The Hall–Kier alpha value is -2.39. The van der Waals surface area contributed by atoms with Gasteiger partial charge in [-0.15, -0.1) is 0 Å². The maximum Gasteiger partial charge on any atom is 0.128 e. The molecule has 0 unspecified atom stereocenters. The van der Waals surface area contributed by atoms with Crippen molar-refractivity contribution in [1.82, 2.24) is 19.6 Å². The number of ether oxygens (including phenoxy) is 1. The predicted molar refractivity (Wildman–Crippen MR) is 124 cm³/mol. The van der Waals surface area contributed by atoms with Crippen LogP contribution in [0.25, 0.3) is 0 Å². The number of nitrogens with zero attached hydrogens (tertiary/aromatic N) is 3. The van der Waals surface area contributed by atoms with Crippen LogP contribution in [0.3, 0.4) is 0 Å². The van der Waals surface area contributed by atoms with Crippen molar-refractivity contribution in [3.63, 3.8) is 0 Å². The Labute approximate surface area is 196 Å². The van der Waals surface area contributed by atoms with Crippen molar-refractivity contribution >= 4 is 11.9 Å². The van der Waals surface area contributed by atoms with Crippen molar-refractivity contribution in [2.75, 3.05) is 19.8 Å². The molecule has 1 atom stereocenters. The lowest BCUT2D eigenvalue weighted by Crippen LogP contribution is -2.57. The van der Waals surface area contributed by atoms with Crippen LogP contribution in [0.4, 0.5) is 8.78 Å². The van der Waals surface area contributed by atoms with Gasteiger partial charge in [-0.25, -0.2) is 13.1 Å². The summed E-state index contributed by atoms with van der Waals surface area (Å²) in [4.78, 5) is 8.29. The summed E-state index contributed by atoms with van der Waals surface area (Å²) in [5.74, 6) is -0.802. The van der Waals surface area contributed by atoms with Crippen LogP contribution in [0.1, 0.15) is 40.5 Å². The molecule has 1 N–H and O–H groups in total. The van der Waals surface area contributed by atoms with E-state index in [0.717, 1.165) is 25.1 Å². The highest BCUT2D eigenvalue weighted by atomic mass is 32.2. The van der Waals surface area contributed by atoms with Gasteiger partial charge >= 0.3 is 0 Å². The first-order chi connectivity index (χ1) is 16.1. The van der Waals surface area contributed by atoms with Crippen LogP contribution in [0.5, 0.6) is 0 Å². The van der Waals surface area contributed by atoms with Crippen molar-refractivity contribution in [2.24, 2.45) is 0 Å². The van der Waals surface area contributed by atoms with Crippen LogP contribution in [0.15, 0.2) is 61.1 Å². The lowest BCUT2D eigenvalue weighted by Gasteiger charge is -2.43. The standard InChI is InChI=1S/C25H26F2N4OS/c26-22-12-21(25(16-32-17-25)30-14-20-13-28-8-9-29-20)23(27)11-19(22)15-31-10-4-7-24(33-31)18-5-2-1-3-6-18/h1-3,5-6,8-9,11-13,24,30H,4,7,10,14-17H2/t24-/m1/s1. The second-order valence-electron chi connectivity index (χ2n) is 8.56. The Morgan fingerprint density at radius 2 is 1.97 bits per heavy atom. The Kier molecular flexibility index (Phi) is 6.69. The molecule has 2 saturated heterocycles. The summed E-state index contributed by atoms with van der Waals surface area (Å²) in [6.45, 7) is 2.18. The number of nitrogens with one attached hydrogen (secondary N) is 1. The minimum absolute atomic E-state index is 0.281. The second kappa shape index (κ2) is 9.85. The number of halogens is 2. The lowest BCUT2D eigenvalue weighted by molar-refractivity contribution is -0.0815. The van der Waals surface area contributed by atoms with E-state index in [1.165, 1.54) is 17.7 Å². The fourth-order valence-corrected chi connectivity index (χ4v) is 5.71. The van der Waals surface area contributed by atoms with Crippen LogP contribution in [0, 0.1) is 11.6 Å². The summed E-state index contributed by atoms with van der Waals surface area (Å²) in [5, 5.41) is 3.65. The average Bonchev–Trinajstić information content (AvgIpc) is 2.83. The van der Waals surface area contributed by atoms with E-state index < -0.39 is 11.4 Å². The normalized spacial score (nSPS) is 20.4. The zero-order valence-electron chi connectivity index (χ0n) is 18.2. The van der Waals surface area contributed by atoms with Gasteiger partial charge in [0.2, 0.25) is 0 Å². The molecule has 172 valence electrons. The molecular weight excluding hydrogens is 442 g/mol. The van der Waals surface area contributed by atoms with Gasteiger partial charge in [0.15, 0.2) is 0 Å². The summed E-state index contributed by atoms with van der Waals surface area (Å²) in [6, 6.07) is 13.0. The predicted octanol–water partition coefficient (Wildman–Crippen LogP) is 4.76. The molecule has 3 heterocycles. The molecule has 8 heteroatoms. The molecule has 0 amide bonds. The smallest absolute Gasteiger partial charge is 0.128 e. The first-order valence-corrected chi connectivity index (χ1v) is 12.0. The van der Waals surface area contributed by atoms with E-state index in [1.807, 2.05) is 18.2 Å². The summed E-state index contributed by atoms with van der Waals surface area (Å²) < 4.78 is 37.9. The third kappa shape index (κ3) is 4.94. The van der Waals surface area contributed by atoms with Crippen LogP contribution in [0.2, 0.25) is 0 Å². The van der Waals surface area contributed by atoms with E-state index in [9.17, 15) is 0 Å². The van der Waals surface area contributed by atoms with Crippen molar-refractivity contribution in [1.29, 1.82) is 0 Å². The van der Waals surface area contributed by atoms with Gasteiger partial charge in [0, 0.05) is 54.6 Å². The molecule has 33 heavy (non-hydrogen) atoms. The minimum atomic E-state index is -0.765. The first kappa shape index (κ1) is 22.4. The van der Waals surface area contributed by atoms with E-state index in [1.54, 1.807) is 30.5 Å². The molecule has 2 aliphatic rings. The third-order valence-corrected chi connectivity index (χ3v) is 7.61. The molecule has 0 spiro atoms. The van der Waals surface area contributed by atoms with Crippen LogP contribution < -0.4 is 5.32 Å². The van der Waals surface area contributed by atoms with Crippen molar-refractivity contribution in [3.05, 3.63) is 95.1 Å². The summed E-state index contributed by atoms with van der Waals surface area (Å²) in [7, 11) is 0. The van der Waals surface area contributed by atoms with Crippen molar-refractivity contribution < 1.29 is 13.5 Å². The fourth-order valence-electron chi connectivity index (χ4n) is 4.36. The first-order valence-electron chi connectivity index (χ1n) is 11.2. The Balaban J connectivity index is 1.30. The van der Waals surface area contributed by atoms with E-state index >= 15 is 8.78 Å². The monoisotopic (exact) mass is 468 g/mol. The van der Waals surface area contributed by atoms with Gasteiger partial charge in [-0.2, -0.15) is 0 Å². The van der Waals surface area contributed by atoms with Gasteiger partial charge in [0.05, 0.1) is 24.4 Å². The molecule has 0 aliphatic carbocycles. The van der Waals surface area contributed by atoms with Crippen molar-refractivity contribution in [3.8, 4) is 0 Å². The number of aromatic nitrogens is 2. The maximum absolute atomic E-state index is 15.3. The second-order valence-corrected chi connectivity index (χ2v) is 9.86. The number of rotatable bonds is 7. The van der Waals surface area contributed by atoms with E-state index in [0.29, 0.717) is 29.5 Å². The third-order valence-electron chi connectivity index (χ3n) is 6.24. The lowest BCUT2D eigenvalue weighted by atomic mass is 9.86. The molecule has 1 aromatic heterocycles. The number of hydrogen-bond donors (Lipinski definition) is 1. The molecule has 0 radical (unpaired) electrons. The zero-order valence-corrected chi connectivity index (χ0v) is 19.0. The maximum atomic E-state index is 15.3. The Morgan fingerprint density at radius 3 is 2.70 bits per heavy atom. The molecule has 3 aromatic rings. The average molecular weight is 469 g/mol. The fraction of sp³-hybridized carbons (Fsp3) is 0.360. The van der Waals surface area contributed by atoms with E-state index in [-0.39, 0.29) is 19.0 Å². The van der Waals surface area contributed by atoms with E-state index in [4.69, 9.17) is 4.74 Å². The Bertz CT molecular complexity index is 1080. The van der Waals surface area contributed by atoms with Gasteiger partial charge in [-0.05, 0) is 30.5 Å². The molecule has 2 fully saturated rings. The molecule has 5 rings (SSSR count). The number of benzene rings is 2. The number of hydrogen-bond acceptors (Lipinski definition) is 6. The van der Waals surface area contributed by atoms with Gasteiger partial charge in [0.25, 0.3) is 0 Å². The molecule has 2 aliphatic heterocycles. The quantitative estimate of drug-likeness (QED) is 0.505. The van der Waals surface area contributed by atoms with Gasteiger partial charge < -0.3 is 4.74 Å². The summed E-state index contributed by atoms with van der Waals surface area (Å²) >= 11 is 1.72. The van der Waals surface area contributed by atoms with Gasteiger partial charge in [0.1, 0.15) is 11.6 Å². The molecule has 5 nitrogen and oxygen atoms in total. The van der Waals surface area contributed by atoms with Crippen LogP contribution in [-0.4, -0.2) is 34.0 Å².